The Labute approximate surface area is 100 Å². The molecule has 84 valence electrons. The van der Waals surface area contributed by atoms with Gasteiger partial charge in [-0.2, -0.15) is 0 Å². The van der Waals surface area contributed by atoms with Gasteiger partial charge < -0.3 is 4.90 Å². The lowest BCUT2D eigenvalue weighted by Crippen LogP contribution is -2.23. The maximum atomic E-state index is 6.01. The Morgan fingerprint density at radius 2 is 1.94 bits per heavy atom. The summed E-state index contributed by atoms with van der Waals surface area (Å²) in [6.07, 6.45) is 1.60. The molecule has 0 saturated carbocycles. The Kier molecular flexibility index (Phi) is 3.25. The molecule has 2 rings (SSSR count). The first-order valence-electron chi connectivity index (χ1n) is 5.41. The lowest BCUT2D eigenvalue weighted by Gasteiger charge is -2.20. The average molecular weight is 236 g/mol. The van der Waals surface area contributed by atoms with Crippen LogP contribution < -0.4 is 4.90 Å². The molecule has 0 aliphatic rings. The second-order valence-electron chi connectivity index (χ2n) is 3.53. The first-order chi connectivity index (χ1) is 7.76. The van der Waals surface area contributed by atoms with Gasteiger partial charge in [0.2, 0.25) is 0 Å². The minimum atomic E-state index is 0.718. The van der Waals surface area contributed by atoms with Gasteiger partial charge in [-0.25, -0.2) is 9.97 Å². The number of benzene rings is 1. The molecular weight excluding hydrogens is 222 g/mol. The molecule has 0 spiro atoms. The minimum Gasteiger partial charge on any atom is -0.357 e. The van der Waals surface area contributed by atoms with E-state index < -0.39 is 0 Å². The molecular formula is C12H14ClN3. The van der Waals surface area contributed by atoms with Crippen LogP contribution in [0.15, 0.2) is 24.5 Å². The molecule has 0 bridgehead atoms. The van der Waals surface area contributed by atoms with Crippen molar-refractivity contribution in [3.8, 4) is 0 Å². The van der Waals surface area contributed by atoms with Gasteiger partial charge in [-0.1, -0.05) is 11.6 Å². The summed E-state index contributed by atoms with van der Waals surface area (Å²) in [5, 5.41) is 1.73. The number of fused-ring (bicyclic) bond motifs is 1. The van der Waals surface area contributed by atoms with Crippen molar-refractivity contribution in [1.82, 2.24) is 9.97 Å². The molecule has 1 heterocycles. The Morgan fingerprint density at radius 3 is 2.62 bits per heavy atom. The van der Waals surface area contributed by atoms with Gasteiger partial charge in [0, 0.05) is 23.5 Å². The summed E-state index contributed by atoms with van der Waals surface area (Å²) in [7, 11) is 0. The Morgan fingerprint density at radius 1 is 1.19 bits per heavy atom. The molecule has 0 aliphatic heterocycles. The van der Waals surface area contributed by atoms with Crippen LogP contribution in [-0.4, -0.2) is 23.1 Å². The second kappa shape index (κ2) is 4.66. The summed E-state index contributed by atoms with van der Waals surface area (Å²) in [4.78, 5) is 10.8. The zero-order valence-corrected chi connectivity index (χ0v) is 10.2. The van der Waals surface area contributed by atoms with Crippen molar-refractivity contribution in [2.75, 3.05) is 18.0 Å². The molecule has 1 aromatic heterocycles. The Hall–Kier alpha value is -1.35. The van der Waals surface area contributed by atoms with Crippen LogP contribution in [0.1, 0.15) is 13.8 Å². The Balaban J connectivity index is 2.64. The smallest absolute Gasteiger partial charge is 0.139 e. The van der Waals surface area contributed by atoms with Crippen molar-refractivity contribution in [2.45, 2.75) is 13.8 Å². The Bertz CT molecular complexity index is 495. The van der Waals surface area contributed by atoms with Gasteiger partial charge in [-0.15, -0.1) is 0 Å². The lowest BCUT2D eigenvalue weighted by molar-refractivity contribution is 0.849. The van der Waals surface area contributed by atoms with Gasteiger partial charge in [0.25, 0.3) is 0 Å². The van der Waals surface area contributed by atoms with Crippen LogP contribution in [0.25, 0.3) is 10.9 Å². The molecule has 0 aliphatic carbocycles. The quantitative estimate of drug-likeness (QED) is 0.819. The molecule has 3 nitrogen and oxygen atoms in total. The zero-order chi connectivity index (χ0) is 11.5. The summed E-state index contributed by atoms with van der Waals surface area (Å²) >= 11 is 6.01. The van der Waals surface area contributed by atoms with E-state index in [9.17, 15) is 0 Å². The number of nitrogens with zero attached hydrogens (tertiary/aromatic N) is 3. The maximum Gasteiger partial charge on any atom is 0.139 e. The predicted octanol–water partition coefficient (Wildman–Crippen LogP) is 3.13. The molecule has 0 N–H and O–H groups in total. The fourth-order valence-electron chi connectivity index (χ4n) is 1.79. The third-order valence-electron chi connectivity index (χ3n) is 2.64. The molecule has 0 saturated heterocycles. The van der Waals surface area contributed by atoms with Crippen molar-refractivity contribution >= 4 is 28.3 Å². The van der Waals surface area contributed by atoms with Crippen LogP contribution in [0, 0.1) is 0 Å². The normalized spacial score (nSPS) is 10.7. The molecule has 0 radical (unpaired) electrons. The maximum absolute atomic E-state index is 6.01. The standard InChI is InChI=1S/C12H14ClN3/c1-3-16(4-2)12-10-7-9(13)5-6-11(10)14-8-15-12/h5-8H,3-4H2,1-2H3. The first kappa shape index (κ1) is 11.1. The fraction of sp³-hybridized carbons (Fsp3) is 0.333. The van der Waals surface area contributed by atoms with Crippen LogP contribution in [0.3, 0.4) is 0 Å². The summed E-state index contributed by atoms with van der Waals surface area (Å²) in [6, 6.07) is 5.69. The topological polar surface area (TPSA) is 29.0 Å². The van der Waals surface area contributed by atoms with Crippen molar-refractivity contribution in [1.29, 1.82) is 0 Å². The van der Waals surface area contributed by atoms with Gasteiger partial charge in [0.15, 0.2) is 0 Å². The number of anilines is 1. The number of halogens is 1. The third kappa shape index (κ3) is 1.95. The van der Waals surface area contributed by atoms with Crippen molar-refractivity contribution in [3.05, 3.63) is 29.5 Å². The summed E-state index contributed by atoms with van der Waals surface area (Å²) in [5.74, 6) is 0.956. The van der Waals surface area contributed by atoms with Crippen molar-refractivity contribution < 1.29 is 0 Å². The zero-order valence-electron chi connectivity index (χ0n) is 9.44. The van der Waals surface area contributed by atoms with Gasteiger partial charge >= 0.3 is 0 Å². The molecule has 0 amide bonds. The van der Waals surface area contributed by atoms with Gasteiger partial charge in [-0.3, -0.25) is 0 Å². The van der Waals surface area contributed by atoms with E-state index in [0.29, 0.717) is 0 Å². The molecule has 0 fully saturated rings. The number of aromatic nitrogens is 2. The molecule has 4 heteroatoms. The highest BCUT2D eigenvalue weighted by molar-refractivity contribution is 6.31. The van der Waals surface area contributed by atoms with E-state index >= 15 is 0 Å². The van der Waals surface area contributed by atoms with E-state index in [0.717, 1.165) is 34.8 Å². The summed E-state index contributed by atoms with van der Waals surface area (Å²) in [6.45, 7) is 6.08. The van der Waals surface area contributed by atoms with Crippen molar-refractivity contribution in [2.24, 2.45) is 0 Å². The number of hydrogen-bond donors (Lipinski definition) is 0. The second-order valence-corrected chi connectivity index (χ2v) is 3.97. The number of hydrogen-bond acceptors (Lipinski definition) is 3. The average Bonchev–Trinajstić information content (AvgIpc) is 2.31. The molecule has 0 unspecified atom stereocenters. The van der Waals surface area contributed by atoms with Crippen LogP contribution in [0.2, 0.25) is 5.02 Å². The fourth-order valence-corrected chi connectivity index (χ4v) is 1.96. The monoisotopic (exact) mass is 235 g/mol. The van der Waals surface area contributed by atoms with E-state index in [4.69, 9.17) is 11.6 Å². The molecule has 0 atom stereocenters. The SMILES string of the molecule is CCN(CC)c1ncnc2ccc(Cl)cc12. The predicted molar refractivity (Wildman–Crippen MR) is 68.1 cm³/mol. The highest BCUT2D eigenvalue weighted by atomic mass is 35.5. The van der Waals surface area contributed by atoms with Gasteiger partial charge in [-0.05, 0) is 32.0 Å². The van der Waals surface area contributed by atoms with E-state index in [1.165, 1.54) is 0 Å². The summed E-state index contributed by atoms with van der Waals surface area (Å²) < 4.78 is 0. The van der Waals surface area contributed by atoms with E-state index in [1.807, 2.05) is 18.2 Å². The van der Waals surface area contributed by atoms with Crippen LogP contribution in [0.4, 0.5) is 5.82 Å². The van der Waals surface area contributed by atoms with Crippen LogP contribution in [-0.2, 0) is 0 Å². The van der Waals surface area contributed by atoms with E-state index in [2.05, 4.69) is 28.7 Å². The van der Waals surface area contributed by atoms with Crippen LogP contribution >= 0.6 is 11.6 Å². The highest BCUT2D eigenvalue weighted by Gasteiger charge is 2.09. The number of rotatable bonds is 3. The van der Waals surface area contributed by atoms with Gasteiger partial charge in [0.05, 0.1) is 5.52 Å². The van der Waals surface area contributed by atoms with Crippen LogP contribution in [0.5, 0.6) is 0 Å². The molecule has 1 aromatic carbocycles. The lowest BCUT2D eigenvalue weighted by atomic mass is 10.2. The molecule has 16 heavy (non-hydrogen) atoms. The first-order valence-corrected chi connectivity index (χ1v) is 5.79. The third-order valence-corrected chi connectivity index (χ3v) is 2.87. The van der Waals surface area contributed by atoms with Gasteiger partial charge in [0.1, 0.15) is 12.1 Å². The molecule has 2 aromatic rings. The van der Waals surface area contributed by atoms with Crippen molar-refractivity contribution in [3.63, 3.8) is 0 Å². The van der Waals surface area contributed by atoms with E-state index in [1.54, 1.807) is 6.33 Å². The minimum absolute atomic E-state index is 0.718. The summed E-state index contributed by atoms with van der Waals surface area (Å²) in [5.41, 5.74) is 0.932. The van der Waals surface area contributed by atoms with E-state index in [-0.39, 0.29) is 0 Å². The largest absolute Gasteiger partial charge is 0.357 e. The highest BCUT2D eigenvalue weighted by Crippen LogP contribution is 2.25.